The molecule has 0 aromatic heterocycles. The molecule has 1 aliphatic heterocycles. The molecule has 1 aromatic rings. The molecule has 4 nitrogen and oxygen atoms in total. The lowest BCUT2D eigenvalue weighted by Crippen LogP contribution is -2.36. The van der Waals surface area contributed by atoms with Gasteiger partial charge >= 0.3 is 0 Å². The van der Waals surface area contributed by atoms with Crippen LogP contribution in [0.15, 0.2) is 18.2 Å². The molecule has 1 aliphatic rings. The molecule has 2 rings (SSSR count). The first-order valence-corrected chi connectivity index (χ1v) is 5.16. The minimum atomic E-state index is 0.520. The molecule has 1 saturated heterocycles. The van der Waals surface area contributed by atoms with Gasteiger partial charge in [-0.3, -0.25) is 4.79 Å². The van der Waals surface area contributed by atoms with E-state index in [1.165, 1.54) is 0 Å². The van der Waals surface area contributed by atoms with Crippen LogP contribution in [0.2, 0.25) is 0 Å². The van der Waals surface area contributed by atoms with E-state index in [1.807, 2.05) is 0 Å². The number of hydrogen-bond acceptors (Lipinski definition) is 4. The van der Waals surface area contributed by atoms with Crippen LogP contribution in [-0.4, -0.2) is 32.6 Å². The van der Waals surface area contributed by atoms with Crippen molar-refractivity contribution >= 4 is 12.0 Å². The third-order valence-electron chi connectivity index (χ3n) is 2.58. The standard InChI is InChI=1S/C12H12N2O2/c13-8-10-5-11(9-15)7-12(6-10)14-1-3-16-4-2-14/h5-7,9H,1-4H2. The zero-order chi connectivity index (χ0) is 11.4. The second-order valence-electron chi connectivity index (χ2n) is 3.64. The Morgan fingerprint density at radius 1 is 1.31 bits per heavy atom. The molecule has 0 saturated carbocycles. The number of hydrogen-bond donors (Lipinski definition) is 0. The molecule has 0 bridgehead atoms. The number of aldehydes is 1. The van der Waals surface area contributed by atoms with Crippen molar-refractivity contribution < 1.29 is 9.53 Å². The fourth-order valence-electron chi connectivity index (χ4n) is 1.77. The van der Waals surface area contributed by atoms with Crippen LogP contribution in [0.5, 0.6) is 0 Å². The van der Waals surface area contributed by atoms with Crippen LogP contribution in [0.3, 0.4) is 0 Å². The normalized spacial score (nSPS) is 15.6. The lowest BCUT2D eigenvalue weighted by atomic mass is 10.1. The van der Waals surface area contributed by atoms with Crippen LogP contribution in [0.1, 0.15) is 15.9 Å². The van der Waals surface area contributed by atoms with Gasteiger partial charge in [-0.1, -0.05) is 0 Å². The number of anilines is 1. The number of morpholine rings is 1. The maximum Gasteiger partial charge on any atom is 0.150 e. The molecule has 1 fully saturated rings. The first kappa shape index (κ1) is 10.7. The fourth-order valence-corrected chi connectivity index (χ4v) is 1.77. The Kier molecular flexibility index (Phi) is 3.18. The highest BCUT2D eigenvalue weighted by Crippen LogP contribution is 2.19. The maximum absolute atomic E-state index is 10.8. The van der Waals surface area contributed by atoms with Gasteiger partial charge in [0.25, 0.3) is 0 Å². The highest BCUT2D eigenvalue weighted by molar-refractivity contribution is 5.78. The summed E-state index contributed by atoms with van der Waals surface area (Å²) in [5, 5.41) is 8.87. The predicted octanol–water partition coefficient (Wildman–Crippen LogP) is 1.21. The molecule has 16 heavy (non-hydrogen) atoms. The van der Waals surface area contributed by atoms with Crippen molar-refractivity contribution in [1.82, 2.24) is 0 Å². The maximum atomic E-state index is 10.8. The van der Waals surface area contributed by atoms with Crippen molar-refractivity contribution in [1.29, 1.82) is 5.26 Å². The van der Waals surface area contributed by atoms with Crippen molar-refractivity contribution in [3.63, 3.8) is 0 Å². The average Bonchev–Trinajstić information content (AvgIpc) is 2.39. The third kappa shape index (κ3) is 2.20. The summed E-state index contributed by atoms with van der Waals surface area (Å²) in [7, 11) is 0. The Bertz CT molecular complexity index is 431. The van der Waals surface area contributed by atoms with Crippen LogP contribution in [0.25, 0.3) is 0 Å². The molecular formula is C12H12N2O2. The number of carbonyl (C=O) groups is 1. The number of carbonyl (C=O) groups excluding carboxylic acids is 1. The third-order valence-corrected chi connectivity index (χ3v) is 2.58. The lowest BCUT2D eigenvalue weighted by Gasteiger charge is -2.29. The second-order valence-corrected chi connectivity index (χ2v) is 3.64. The van der Waals surface area contributed by atoms with E-state index in [4.69, 9.17) is 10.00 Å². The number of benzene rings is 1. The molecule has 0 spiro atoms. The minimum absolute atomic E-state index is 0.520. The summed E-state index contributed by atoms with van der Waals surface area (Å²) in [4.78, 5) is 12.9. The Balaban J connectivity index is 2.32. The van der Waals surface area contributed by atoms with E-state index in [2.05, 4.69) is 11.0 Å². The van der Waals surface area contributed by atoms with Crippen molar-refractivity contribution in [3.8, 4) is 6.07 Å². The molecule has 0 unspecified atom stereocenters. The molecule has 0 aliphatic carbocycles. The van der Waals surface area contributed by atoms with Gasteiger partial charge in [-0.2, -0.15) is 5.26 Å². The van der Waals surface area contributed by atoms with Crippen LogP contribution in [0.4, 0.5) is 5.69 Å². The van der Waals surface area contributed by atoms with E-state index in [9.17, 15) is 4.79 Å². The Morgan fingerprint density at radius 3 is 2.69 bits per heavy atom. The quantitative estimate of drug-likeness (QED) is 0.697. The van der Waals surface area contributed by atoms with E-state index in [-0.39, 0.29) is 0 Å². The highest BCUT2D eigenvalue weighted by atomic mass is 16.5. The summed E-state index contributed by atoms with van der Waals surface area (Å²) >= 11 is 0. The number of nitriles is 1. The van der Waals surface area contributed by atoms with Crippen molar-refractivity contribution in [2.75, 3.05) is 31.2 Å². The zero-order valence-electron chi connectivity index (χ0n) is 8.85. The van der Waals surface area contributed by atoms with Crippen molar-refractivity contribution in [3.05, 3.63) is 29.3 Å². The van der Waals surface area contributed by atoms with Crippen LogP contribution < -0.4 is 4.90 Å². The van der Waals surface area contributed by atoms with Gasteiger partial charge in [0.2, 0.25) is 0 Å². The Labute approximate surface area is 94.0 Å². The van der Waals surface area contributed by atoms with E-state index >= 15 is 0 Å². The van der Waals surface area contributed by atoms with Gasteiger partial charge in [0.05, 0.1) is 24.8 Å². The molecular weight excluding hydrogens is 204 g/mol. The van der Waals surface area contributed by atoms with E-state index < -0.39 is 0 Å². The van der Waals surface area contributed by atoms with Gasteiger partial charge in [0, 0.05) is 24.3 Å². The largest absolute Gasteiger partial charge is 0.378 e. The topological polar surface area (TPSA) is 53.3 Å². The number of rotatable bonds is 2. The second kappa shape index (κ2) is 4.77. The number of nitrogens with zero attached hydrogens (tertiary/aromatic N) is 2. The van der Waals surface area contributed by atoms with Crippen LogP contribution in [0, 0.1) is 11.3 Å². The summed E-state index contributed by atoms with van der Waals surface area (Å²) < 4.78 is 5.26. The van der Waals surface area contributed by atoms with Crippen molar-refractivity contribution in [2.45, 2.75) is 0 Å². The zero-order valence-corrected chi connectivity index (χ0v) is 8.85. The predicted molar refractivity (Wildman–Crippen MR) is 59.6 cm³/mol. The molecule has 1 aromatic carbocycles. The average molecular weight is 216 g/mol. The van der Waals surface area contributed by atoms with Gasteiger partial charge < -0.3 is 9.64 Å². The Morgan fingerprint density at radius 2 is 2.06 bits per heavy atom. The first-order valence-electron chi connectivity index (χ1n) is 5.16. The molecule has 0 N–H and O–H groups in total. The van der Waals surface area contributed by atoms with E-state index in [0.29, 0.717) is 24.3 Å². The SMILES string of the molecule is N#Cc1cc(C=O)cc(N2CCOCC2)c1. The van der Waals surface area contributed by atoms with Gasteiger partial charge in [-0.25, -0.2) is 0 Å². The van der Waals surface area contributed by atoms with Crippen LogP contribution >= 0.6 is 0 Å². The van der Waals surface area contributed by atoms with E-state index in [1.54, 1.807) is 18.2 Å². The highest BCUT2D eigenvalue weighted by Gasteiger charge is 2.12. The summed E-state index contributed by atoms with van der Waals surface area (Å²) in [6.07, 6.45) is 0.769. The molecule has 82 valence electrons. The molecule has 0 radical (unpaired) electrons. The van der Waals surface area contributed by atoms with Gasteiger partial charge in [0.1, 0.15) is 6.29 Å². The minimum Gasteiger partial charge on any atom is -0.378 e. The first-order chi connectivity index (χ1) is 7.83. The Hall–Kier alpha value is -1.86. The summed E-state index contributed by atoms with van der Waals surface area (Å²) in [6.45, 7) is 2.97. The summed E-state index contributed by atoms with van der Waals surface area (Å²) in [5.41, 5.74) is 1.98. The van der Waals surface area contributed by atoms with Crippen LogP contribution in [-0.2, 0) is 4.74 Å². The summed E-state index contributed by atoms with van der Waals surface area (Å²) in [5.74, 6) is 0. The molecule has 0 atom stereocenters. The van der Waals surface area contributed by atoms with Gasteiger partial charge in [-0.05, 0) is 18.2 Å². The fraction of sp³-hybridized carbons (Fsp3) is 0.333. The van der Waals surface area contributed by atoms with Crippen molar-refractivity contribution in [2.24, 2.45) is 0 Å². The lowest BCUT2D eigenvalue weighted by molar-refractivity contribution is 0.112. The smallest absolute Gasteiger partial charge is 0.150 e. The van der Waals surface area contributed by atoms with E-state index in [0.717, 1.165) is 25.1 Å². The molecule has 0 amide bonds. The monoisotopic (exact) mass is 216 g/mol. The number of ether oxygens (including phenoxy) is 1. The summed E-state index contributed by atoms with van der Waals surface area (Å²) in [6, 6.07) is 7.27. The molecule has 1 heterocycles. The molecule has 4 heteroatoms. The van der Waals surface area contributed by atoms with Gasteiger partial charge in [-0.15, -0.1) is 0 Å². The van der Waals surface area contributed by atoms with Gasteiger partial charge in [0.15, 0.2) is 0 Å².